The van der Waals surface area contributed by atoms with Crippen molar-refractivity contribution >= 4 is 22.6 Å². The lowest BCUT2D eigenvalue weighted by Crippen LogP contribution is -2.31. The fourth-order valence-corrected chi connectivity index (χ4v) is 4.21. The highest BCUT2D eigenvalue weighted by Crippen LogP contribution is 2.27. The fraction of sp³-hybridized carbons (Fsp3) is 0.280. The number of likely N-dealkylation sites (tertiary alicyclic amines) is 1. The summed E-state index contributed by atoms with van der Waals surface area (Å²) in [5.74, 6) is -0.166. The highest BCUT2D eigenvalue weighted by atomic mass is 19.3. The van der Waals surface area contributed by atoms with Crippen molar-refractivity contribution in [2.45, 2.75) is 25.5 Å². The minimum atomic E-state index is -2.92. The number of fused-ring (bicyclic) bond motifs is 1. The Morgan fingerprint density at radius 2 is 1.83 bits per heavy atom. The van der Waals surface area contributed by atoms with Gasteiger partial charge in [-0.1, -0.05) is 6.07 Å². The van der Waals surface area contributed by atoms with Crippen molar-refractivity contribution in [1.82, 2.24) is 24.9 Å². The highest BCUT2D eigenvalue weighted by Gasteiger charge is 2.19. The van der Waals surface area contributed by atoms with E-state index in [1.807, 2.05) is 24.4 Å². The first kappa shape index (κ1) is 22.9. The summed E-state index contributed by atoms with van der Waals surface area (Å²) < 4.78 is 31.0. The number of carbonyl (C=O) groups excluding carboxylic acids is 1. The molecule has 1 aliphatic heterocycles. The molecule has 0 bridgehead atoms. The number of anilines is 1. The van der Waals surface area contributed by atoms with Crippen LogP contribution in [0.25, 0.3) is 22.0 Å². The van der Waals surface area contributed by atoms with Crippen molar-refractivity contribution in [3.63, 3.8) is 0 Å². The van der Waals surface area contributed by atoms with Crippen molar-refractivity contribution < 1.29 is 18.3 Å². The Kier molecular flexibility index (Phi) is 6.37. The van der Waals surface area contributed by atoms with E-state index in [0.717, 1.165) is 42.4 Å². The molecule has 1 fully saturated rings. The van der Waals surface area contributed by atoms with Gasteiger partial charge in [0.2, 0.25) is 0 Å². The number of hydrogen-bond acceptors (Lipinski definition) is 6. The molecule has 2 aromatic heterocycles. The summed E-state index contributed by atoms with van der Waals surface area (Å²) in [5.41, 5.74) is 2.99. The van der Waals surface area contributed by atoms with Gasteiger partial charge in [-0.25, -0.2) is 0 Å². The SMILES string of the molecule is CN1CCC(n2cc(-c3ccc4nnc(NC(=O)c5ccc(OC(F)F)cc5)cc4c3)cn2)CC1. The lowest BCUT2D eigenvalue weighted by molar-refractivity contribution is -0.0498. The molecule has 1 N–H and O–H groups in total. The van der Waals surface area contributed by atoms with Crippen LogP contribution in [0.4, 0.5) is 14.6 Å². The zero-order valence-electron chi connectivity index (χ0n) is 19.1. The van der Waals surface area contributed by atoms with Gasteiger partial charge in [0, 0.05) is 22.7 Å². The van der Waals surface area contributed by atoms with Crippen LogP contribution in [0.3, 0.4) is 0 Å². The van der Waals surface area contributed by atoms with Crippen LogP contribution in [0.1, 0.15) is 29.2 Å². The maximum atomic E-state index is 12.6. The minimum absolute atomic E-state index is 0.0197. The summed E-state index contributed by atoms with van der Waals surface area (Å²) in [4.78, 5) is 14.9. The first-order valence-corrected chi connectivity index (χ1v) is 11.3. The Labute approximate surface area is 200 Å². The number of alkyl halides is 2. The zero-order chi connectivity index (χ0) is 24.4. The second kappa shape index (κ2) is 9.75. The van der Waals surface area contributed by atoms with Crippen molar-refractivity contribution in [3.05, 3.63) is 66.5 Å². The summed E-state index contributed by atoms with van der Waals surface area (Å²) in [6.07, 6.45) is 6.11. The molecule has 0 unspecified atom stereocenters. The number of hydrogen-bond donors (Lipinski definition) is 1. The number of aromatic nitrogens is 4. The molecule has 1 aliphatic rings. The van der Waals surface area contributed by atoms with Crippen molar-refractivity contribution in [1.29, 1.82) is 0 Å². The monoisotopic (exact) mass is 478 g/mol. The van der Waals surface area contributed by atoms with E-state index in [2.05, 4.69) is 48.2 Å². The third-order valence-electron chi connectivity index (χ3n) is 6.17. The Hall–Kier alpha value is -3.92. The summed E-state index contributed by atoms with van der Waals surface area (Å²) >= 11 is 0. The number of halogens is 2. The van der Waals surface area contributed by atoms with Crippen molar-refractivity contribution in [3.8, 4) is 16.9 Å². The molecule has 2 aromatic carbocycles. The Morgan fingerprint density at radius 1 is 1.06 bits per heavy atom. The number of ether oxygens (including phenoxy) is 1. The number of rotatable bonds is 6. The van der Waals surface area contributed by atoms with Crippen molar-refractivity contribution in [2.75, 3.05) is 25.5 Å². The van der Waals surface area contributed by atoms with E-state index in [4.69, 9.17) is 0 Å². The van der Waals surface area contributed by atoms with Crippen LogP contribution < -0.4 is 10.1 Å². The maximum absolute atomic E-state index is 12.6. The van der Waals surface area contributed by atoms with Gasteiger partial charge in [0.15, 0.2) is 5.82 Å². The molecule has 5 rings (SSSR count). The molecular weight excluding hydrogens is 454 g/mol. The average Bonchev–Trinajstić information content (AvgIpc) is 3.34. The molecule has 1 amide bonds. The average molecular weight is 479 g/mol. The number of carbonyl (C=O) groups is 1. The first-order valence-electron chi connectivity index (χ1n) is 11.3. The van der Waals surface area contributed by atoms with Gasteiger partial charge in [0.25, 0.3) is 5.91 Å². The number of nitrogens with zero attached hydrogens (tertiary/aromatic N) is 5. The predicted molar refractivity (Wildman–Crippen MR) is 128 cm³/mol. The molecule has 0 spiro atoms. The summed E-state index contributed by atoms with van der Waals surface area (Å²) in [6, 6.07) is 13.4. The van der Waals surface area contributed by atoms with E-state index in [-0.39, 0.29) is 17.1 Å². The van der Waals surface area contributed by atoms with Crippen molar-refractivity contribution in [2.24, 2.45) is 0 Å². The van der Waals surface area contributed by atoms with Crippen LogP contribution in [-0.2, 0) is 0 Å². The van der Waals surface area contributed by atoms with E-state index in [0.29, 0.717) is 11.6 Å². The molecule has 4 aromatic rings. The molecule has 10 heteroatoms. The van der Waals surface area contributed by atoms with Crippen LogP contribution in [-0.4, -0.2) is 57.5 Å². The Bertz CT molecular complexity index is 1330. The van der Waals surface area contributed by atoms with E-state index < -0.39 is 12.5 Å². The molecule has 0 atom stereocenters. The zero-order valence-corrected chi connectivity index (χ0v) is 19.1. The summed E-state index contributed by atoms with van der Waals surface area (Å²) in [7, 11) is 2.14. The van der Waals surface area contributed by atoms with Gasteiger partial charge in [-0.3, -0.25) is 9.48 Å². The normalized spacial score (nSPS) is 15.0. The third kappa shape index (κ3) is 5.27. The lowest BCUT2D eigenvalue weighted by atomic mass is 10.1. The molecule has 0 radical (unpaired) electrons. The standard InChI is InChI=1S/C25H24F2N6O2/c1-32-10-8-20(9-11-32)33-15-19(14-28-33)17-4-7-22-18(12-17)13-23(31-30-22)29-24(34)16-2-5-21(6-3-16)35-25(26)27/h2-7,12-15,20,25H,8-11H2,1H3,(H,29,31,34). The van der Waals surface area contributed by atoms with Gasteiger partial charge in [-0.05, 0) is 81.0 Å². The quantitative estimate of drug-likeness (QED) is 0.436. The number of piperidine rings is 1. The van der Waals surface area contributed by atoms with Crippen LogP contribution >= 0.6 is 0 Å². The van der Waals surface area contributed by atoms with Gasteiger partial charge in [0.1, 0.15) is 5.75 Å². The largest absolute Gasteiger partial charge is 0.435 e. The smallest absolute Gasteiger partial charge is 0.387 e. The summed E-state index contributed by atoms with van der Waals surface area (Å²) in [6.45, 7) is -0.788. The van der Waals surface area contributed by atoms with E-state index in [9.17, 15) is 13.6 Å². The van der Waals surface area contributed by atoms with E-state index in [1.54, 1.807) is 6.07 Å². The van der Waals surface area contributed by atoms with Gasteiger partial charge >= 0.3 is 6.61 Å². The van der Waals surface area contributed by atoms with Crippen LogP contribution in [0, 0.1) is 0 Å². The predicted octanol–water partition coefficient (Wildman–Crippen LogP) is 4.61. The van der Waals surface area contributed by atoms with Gasteiger partial charge in [0.05, 0.1) is 17.8 Å². The second-order valence-electron chi connectivity index (χ2n) is 8.60. The molecule has 0 saturated carbocycles. The third-order valence-corrected chi connectivity index (χ3v) is 6.17. The molecule has 0 aliphatic carbocycles. The summed E-state index contributed by atoms with van der Waals surface area (Å²) in [5, 5.41) is 16.4. The Balaban J connectivity index is 1.32. The first-order chi connectivity index (χ1) is 16.9. The Morgan fingerprint density at radius 3 is 2.57 bits per heavy atom. The van der Waals surface area contributed by atoms with Crippen LogP contribution in [0.2, 0.25) is 0 Å². The van der Waals surface area contributed by atoms with Gasteiger partial charge < -0.3 is 15.0 Å². The minimum Gasteiger partial charge on any atom is -0.435 e. The van der Waals surface area contributed by atoms with Crippen LogP contribution in [0.5, 0.6) is 5.75 Å². The lowest BCUT2D eigenvalue weighted by Gasteiger charge is -2.28. The number of benzene rings is 2. The molecule has 180 valence electrons. The maximum Gasteiger partial charge on any atom is 0.387 e. The van der Waals surface area contributed by atoms with E-state index >= 15 is 0 Å². The number of nitrogens with one attached hydrogen (secondary N) is 1. The van der Waals surface area contributed by atoms with E-state index in [1.165, 1.54) is 24.3 Å². The molecule has 1 saturated heterocycles. The molecule has 8 nitrogen and oxygen atoms in total. The molecular formula is C25H24F2N6O2. The molecule has 35 heavy (non-hydrogen) atoms. The van der Waals surface area contributed by atoms with Crippen LogP contribution in [0.15, 0.2) is 60.9 Å². The highest BCUT2D eigenvalue weighted by molar-refractivity contribution is 6.04. The molecule has 3 heterocycles. The topological polar surface area (TPSA) is 85.2 Å². The fourth-order valence-electron chi connectivity index (χ4n) is 4.21. The van der Waals surface area contributed by atoms with Gasteiger partial charge in [-0.15, -0.1) is 10.2 Å². The second-order valence-corrected chi connectivity index (χ2v) is 8.60. The van der Waals surface area contributed by atoms with Gasteiger partial charge in [-0.2, -0.15) is 13.9 Å². The number of amides is 1.